The third-order valence-electron chi connectivity index (χ3n) is 1.83. The van der Waals surface area contributed by atoms with Crippen molar-refractivity contribution in [2.24, 2.45) is 0 Å². The summed E-state index contributed by atoms with van der Waals surface area (Å²) in [5.41, 5.74) is 5.15. The number of benzene rings is 1. The first-order valence-corrected chi connectivity index (χ1v) is 5.31. The molecule has 0 amide bonds. The molecule has 1 aromatic heterocycles. The molecule has 0 spiro atoms. The molecule has 2 rings (SSSR count). The summed E-state index contributed by atoms with van der Waals surface area (Å²) in [5, 5.41) is 4.67. The highest BCUT2D eigenvalue weighted by Gasteiger charge is 2.36. The Morgan fingerprint density at radius 2 is 1.94 bits per heavy atom. The first-order chi connectivity index (χ1) is 8.36. The largest absolute Gasteiger partial charge is 0.445 e. The van der Waals surface area contributed by atoms with Crippen molar-refractivity contribution in [2.45, 2.75) is 6.18 Å². The number of halogens is 4. The lowest BCUT2D eigenvalue weighted by atomic mass is 10.3. The molecule has 0 bridgehead atoms. The first kappa shape index (κ1) is 12.6. The van der Waals surface area contributed by atoms with Gasteiger partial charge in [-0.2, -0.15) is 13.2 Å². The minimum Gasteiger partial charge on any atom is -0.430 e. The van der Waals surface area contributed by atoms with Gasteiger partial charge < -0.3 is 10.5 Å². The van der Waals surface area contributed by atoms with Crippen molar-refractivity contribution >= 4 is 17.0 Å². The molecule has 0 unspecified atom stereocenters. The zero-order valence-electron chi connectivity index (χ0n) is 8.53. The van der Waals surface area contributed by atoms with Gasteiger partial charge in [0.2, 0.25) is 5.01 Å². The molecule has 2 N–H and O–H groups in total. The Hall–Kier alpha value is -1.90. The zero-order chi connectivity index (χ0) is 13.3. The zero-order valence-corrected chi connectivity index (χ0v) is 9.35. The van der Waals surface area contributed by atoms with Crippen molar-refractivity contribution < 1.29 is 22.3 Å². The number of anilines is 1. The fourth-order valence-electron chi connectivity index (χ4n) is 1.04. The van der Waals surface area contributed by atoms with E-state index in [1.807, 2.05) is 0 Å². The van der Waals surface area contributed by atoms with Crippen molar-refractivity contribution in [2.75, 3.05) is 5.73 Å². The van der Waals surface area contributed by atoms with Gasteiger partial charge in [-0.25, -0.2) is 4.39 Å². The number of alkyl halides is 3. The van der Waals surface area contributed by atoms with Crippen molar-refractivity contribution in [3.63, 3.8) is 0 Å². The molecule has 1 aromatic carbocycles. The van der Waals surface area contributed by atoms with E-state index in [0.717, 1.165) is 6.07 Å². The van der Waals surface area contributed by atoms with Crippen LogP contribution in [-0.4, -0.2) is 10.2 Å². The Morgan fingerprint density at radius 3 is 2.50 bits per heavy atom. The Kier molecular flexibility index (Phi) is 3.07. The third kappa shape index (κ3) is 2.67. The van der Waals surface area contributed by atoms with E-state index in [9.17, 15) is 17.6 Å². The topological polar surface area (TPSA) is 61.0 Å². The van der Waals surface area contributed by atoms with E-state index in [4.69, 9.17) is 10.5 Å². The summed E-state index contributed by atoms with van der Waals surface area (Å²) in [6.07, 6.45) is -4.58. The van der Waals surface area contributed by atoms with Gasteiger partial charge in [-0.15, -0.1) is 5.10 Å². The van der Waals surface area contributed by atoms with E-state index in [1.54, 1.807) is 0 Å². The summed E-state index contributed by atoms with van der Waals surface area (Å²) in [7, 11) is 0. The van der Waals surface area contributed by atoms with Crippen LogP contribution in [0.15, 0.2) is 18.2 Å². The van der Waals surface area contributed by atoms with Crippen molar-refractivity contribution in [3.8, 4) is 10.9 Å². The van der Waals surface area contributed by atoms with Gasteiger partial charge in [-0.05, 0) is 12.1 Å². The highest BCUT2D eigenvalue weighted by Crippen LogP contribution is 2.35. The van der Waals surface area contributed by atoms with Crippen LogP contribution in [0.4, 0.5) is 23.2 Å². The molecule has 1 heterocycles. The van der Waals surface area contributed by atoms with Crippen LogP contribution in [0.3, 0.4) is 0 Å². The van der Waals surface area contributed by atoms with Crippen molar-refractivity contribution in [1.29, 1.82) is 0 Å². The van der Waals surface area contributed by atoms with Gasteiger partial charge in [-0.1, -0.05) is 16.4 Å². The summed E-state index contributed by atoms with van der Waals surface area (Å²) >= 11 is 0.222. The van der Waals surface area contributed by atoms with Crippen LogP contribution >= 0.6 is 11.3 Å². The van der Waals surface area contributed by atoms with Crippen LogP contribution in [0.1, 0.15) is 5.01 Å². The van der Waals surface area contributed by atoms with Gasteiger partial charge in [0.05, 0.1) is 5.69 Å². The van der Waals surface area contributed by atoms with Crippen LogP contribution in [0.5, 0.6) is 10.9 Å². The Balaban J connectivity index is 2.19. The highest BCUT2D eigenvalue weighted by atomic mass is 32.1. The number of ether oxygens (including phenoxy) is 1. The number of aromatic nitrogens is 2. The molecule has 96 valence electrons. The second-order valence-corrected chi connectivity index (χ2v) is 4.10. The maximum Gasteiger partial charge on any atom is 0.445 e. The van der Waals surface area contributed by atoms with Crippen molar-refractivity contribution in [1.82, 2.24) is 10.2 Å². The molecule has 0 aliphatic heterocycles. The summed E-state index contributed by atoms with van der Waals surface area (Å²) in [5.74, 6) is -0.736. The second kappa shape index (κ2) is 4.41. The normalized spacial score (nSPS) is 11.6. The molecular formula is C9H5F4N3OS. The van der Waals surface area contributed by atoms with Gasteiger partial charge in [0.1, 0.15) is 11.6 Å². The molecule has 9 heteroatoms. The van der Waals surface area contributed by atoms with E-state index < -0.39 is 17.0 Å². The summed E-state index contributed by atoms with van der Waals surface area (Å²) in [6.45, 7) is 0. The third-order valence-corrected chi connectivity index (χ3v) is 2.67. The molecular weight excluding hydrogens is 274 g/mol. The van der Waals surface area contributed by atoms with Crippen LogP contribution < -0.4 is 10.5 Å². The lowest BCUT2D eigenvalue weighted by molar-refractivity contribution is -0.138. The molecule has 0 fully saturated rings. The average molecular weight is 279 g/mol. The van der Waals surface area contributed by atoms with Gasteiger partial charge >= 0.3 is 6.18 Å². The summed E-state index contributed by atoms with van der Waals surface area (Å²) < 4.78 is 54.7. The molecule has 0 aliphatic rings. The second-order valence-electron chi connectivity index (χ2n) is 3.16. The van der Waals surface area contributed by atoms with E-state index in [0.29, 0.717) is 0 Å². The number of nitrogen functional groups attached to an aromatic ring is 1. The maximum atomic E-state index is 13.1. The quantitative estimate of drug-likeness (QED) is 0.678. The highest BCUT2D eigenvalue weighted by molar-refractivity contribution is 7.13. The number of rotatable bonds is 2. The molecule has 0 radical (unpaired) electrons. The first-order valence-electron chi connectivity index (χ1n) is 4.50. The number of hydrogen-bond acceptors (Lipinski definition) is 5. The molecule has 18 heavy (non-hydrogen) atoms. The van der Waals surface area contributed by atoms with Crippen LogP contribution in [-0.2, 0) is 6.18 Å². The molecule has 0 atom stereocenters. The lowest BCUT2D eigenvalue weighted by Gasteiger charge is -2.02. The van der Waals surface area contributed by atoms with Gasteiger partial charge in [-0.3, -0.25) is 0 Å². The fraction of sp³-hybridized carbons (Fsp3) is 0.111. The Morgan fingerprint density at radius 1 is 1.22 bits per heavy atom. The molecule has 4 nitrogen and oxygen atoms in total. The van der Waals surface area contributed by atoms with Crippen LogP contribution in [0, 0.1) is 5.82 Å². The van der Waals surface area contributed by atoms with E-state index >= 15 is 0 Å². The van der Waals surface area contributed by atoms with Gasteiger partial charge in [0, 0.05) is 6.07 Å². The molecule has 0 saturated heterocycles. The van der Waals surface area contributed by atoms with Gasteiger partial charge in [0.15, 0.2) is 0 Å². The van der Waals surface area contributed by atoms with E-state index in [2.05, 4.69) is 10.2 Å². The molecule has 0 aliphatic carbocycles. The smallest absolute Gasteiger partial charge is 0.430 e. The maximum absolute atomic E-state index is 13.1. The van der Waals surface area contributed by atoms with Crippen LogP contribution in [0.2, 0.25) is 0 Å². The minimum absolute atomic E-state index is 0.00780. The molecule has 2 aromatic rings. The predicted molar refractivity (Wildman–Crippen MR) is 55.8 cm³/mol. The Labute approximate surface area is 102 Å². The monoisotopic (exact) mass is 279 g/mol. The summed E-state index contributed by atoms with van der Waals surface area (Å²) in [4.78, 5) is 0. The number of nitrogens with two attached hydrogens (primary N) is 1. The van der Waals surface area contributed by atoms with E-state index in [-0.39, 0.29) is 28.0 Å². The van der Waals surface area contributed by atoms with Gasteiger partial charge in [0.25, 0.3) is 5.19 Å². The molecule has 0 saturated carbocycles. The predicted octanol–water partition coefficient (Wildman–Crippen LogP) is 3.07. The average Bonchev–Trinajstić information content (AvgIpc) is 2.72. The fourth-order valence-corrected chi connectivity index (χ4v) is 1.62. The standard InChI is InChI=1S/C9H5F4N3OS/c10-5-3-4(1-2-6(5)14)17-8-16-15-7(18-8)9(11,12)13/h1-3H,14H2. The lowest BCUT2D eigenvalue weighted by Crippen LogP contribution is -2.03. The minimum atomic E-state index is -4.58. The van der Waals surface area contributed by atoms with E-state index in [1.165, 1.54) is 12.1 Å². The Bertz CT molecular complexity index is 569. The summed E-state index contributed by atoms with van der Waals surface area (Å²) in [6, 6.07) is 3.49. The SMILES string of the molecule is Nc1ccc(Oc2nnc(C(F)(F)F)s2)cc1F. The number of hydrogen-bond donors (Lipinski definition) is 1. The number of nitrogens with zero attached hydrogens (tertiary/aromatic N) is 2. The van der Waals surface area contributed by atoms with Crippen LogP contribution in [0.25, 0.3) is 0 Å². The van der Waals surface area contributed by atoms with Crippen molar-refractivity contribution in [3.05, 3.63) is 29.0 Å².